The van der Waals surface area contributed by atoms with Crippen LogP contribution in [0.4, 0.5) is 5.95 Å². The van der Waals surface area contributed by atoms with Crippen molar-refractivity contribution in [3.63, 3.8) is 0 Å². The van der Waals surface area contributed by atoms with Crippen LogP contribution in [-0.4, -0.2) is 174 Å². The number of H-pyrrole nitrogens is 4. The first-order valence-corrected chi connectivity index (χ1v) is 42.4. The molecule has 9 unspecified atom stereocenters. The van der Waals surface area contributed by atoms with Crippen molar-refractivity contribution in [2.45, 2.75) is 152 Å². The van der Waals surface area contributed by atoms with Crippen LogP contribution in [0.25, 0.3) is 11.2 Å². The van der Waals surface area contributed by atoms with Gasteiger partial charge in [-0.25, -0.2) is 19.4 Å². The summed E-state index contributed by atoms with van der Waals surface area (Å²) in [6, 6.07) is 0. The maximum absolute atomic E-state index is 14.6. The lowest BCUT2D eigenvalue weighted by atomic mass is 10.1. The molecule has 0 aliphatic carbocycles. The summed E-state index contributed by atoms with van der Waals surface area (Å²) in [5, 5.41) is 9.29. The molecule has 0 saturated carbocycles. The van der Waals surface area contributed by atoms with E-state index >= 15 is 0 Å². The summed E-state index contributed by atoms with van der Waals surface area (Å²) in [7, 11) is 2.35. The van der Waals surface area contributed by atoms with Crippen LogP contribution in [0, 0.1) is 20.8 Å². The molecule has 9 rings (SSSR count). The fourth-order valence-corrected chi connectivity index (χ4v) is 18.3. The van der Waals surface area contributed by atoms with Gasteiger partial charge in [0.25, 0.3) is 22.2 Å². The number of ether oxygens (including phenoxy) is 6. The number of nitrogens with two attached hydrogens (primary N) is 1. The number of rotatable bonds is 33. The van der Waals surface area contributed by atoms with Crippen molar-refractivity contribution in [1.82, 2.24) is 48.2 Å². The van der Waals surface area contributed by atoms with Gasteiger partial charge in [-0.05, 0) is 41.0 Å². The van der Waals surface area contributed by atoms with Gasteiger partial charge in [-0.1, -0.05) is 47.2 Å². The van der Waals surface area contributed by atoms with Gasteiger partial charge in [0.2, 0.25) is 5.95 Å². The van der Waals surface area contributed by atoms with E-state index in [1.54, 1.807) is 13.8 Å². The molecule has 50 heteroatoms. The first kappa shape index (κ1) is 79.6. The number of aliphatic hydroxyl groups is 1. The van der Waals surface area contributed by atoms with Crippen molar-refractivity contribution in [2.24, 2.45) is 0 Å². The summed E-state index contributed by atoms with van der Waals surface area (Å²) in [4.78, 5) is 162. The van der Waals surface area contributed by atoms with Crippen LogP contribution < -0.4 is 64.6 Å². The summed E-state index contributed by atoms with van der Waals surface area (Å²) in [6.45, 7) is -19.6. The number of aryl methyl sites for hydroxylation is 3. The van der Waals surface area contributed by atoms with E-state index in [0.29, 0.717) is 0 Å². The summed E-state index contributed by atoms with van der Waals surface area (Å²) < 4.78 is 112. The topological polar surface area (TPSA) is 531 Å². The quantitative estimate of drug-likeness (QED) is 0.0144. The molecular weight excluding hydrogens is 1520 g/mol. The average Bonchev–Trinajstić information content (AvgIpc) is 1.65. The molecule has 4 aliphatic heterocycles. The normalized spacial score (nSPS) is 28.8. The molecule has 5 aromatic rings. The monoisotopic (exact) mass is 1590 g/mol. The molecule has 4 fully saturated rings. The predicted molar refractivity (Wildman–Crippen MR) is 351 cm³/mol. The van der Waals surface area contributed by atoms with Crippen LogP contribution in [0.15, 0.2) is 58.5 Å². The molecule has 4 saturated heterocycles. The zero-order valence-corrected chi connectivity index (χ0v) is 61.5. The van der Waals surface area contributed by atoms with Gasteiger partial charge in [-0.15, -0.1) is 0 Å². The van der Waals surface area contributed by atoms with Crippen LogP contribution in [0.3, 0.4) is 0 Å². The molecule has 0 amide bonds. The highest BCUT2D eigenvalue weighted by atomic mass is 32.7. The van der Waals surface area contributed by atoms with E-state index in [2.05, 4.69) is 29.9 Å². The fourth-order valence-electron chi connectivity index (χ4n) is 10.8. The summed E-state index contributed by atoms with van der Waals surface area (Å²) >= 11 is 26.4. The number of nitrogens with zero attached hydrogens (tertiary/aromatic N) is 6. The van der Waals surface area contributed by atoms with Gasteiger partial charge >= 0.3 is 17.1 Å². The number of aromatic nitrogens is 10. The van der Waals surface area contributed by atoms with Crippen molar-refractivity contribution >= 4 is 110 Å². The average molecular weight is 1590 g/mol. The Morgan fingerprint density at radius 2 is 1.06 bits per heavy atom. The Morgan fingerprint density at radius 1 is 0.606 bits per heavy atom. The number of fused-ring (bicyclic) bond motifs is 1. The molecule has 4 aliphatic rings. The number of aliphatic hydroxyl groups excluding tert-OH is 1. The van der Waals surface area contributed by atoms with Crippen molar-refractivity contribution in [2.75, 3.05) is 59.6 Å². The number of imidazole rings is 1. The highest BCUT2D eigenvalue weighted by molar-refractivity contribution is 8.32. The Balaban J connectivity index is 0.936. The number of anilines is 1. The molecule has 7 N–H and O–H groups in total. The molecular formula is C49H67N11O29P5S5-5. The van der Waals surface area contributed by atoms with Crippen molar-refractivity contribution < 1.29 is 103 Å². The van der Waals surface area contributed by atoms with Crippen LogP contribution in [0.5, 0.6) is 0 Å². The second-order valence-electron chi connectivity index (χ2n) is 22.7. The van der Waals surface area contributed by atoms with Gasteiger partial charge in [-0.3, -0.25) is 61.9 Å². The van der Waals surface area contributed by atoms with Gasteiger partial charge in [-0.2, -0.15) is 4.98 Å². The zero-order valence-electron chi connectivity index (χ0n) is 53.0. The molecule has 0 spiro atoms. The highest BCUT2D eigenvalue weighted by Gasteiger charge is 2.51. The number of nitrogen functional groups attached to an aromatic ring is 1. The van der Waals surface area contributed by atoms with Crippen LogP contribution in [0.2, 0.25) is 0 Å². The zero-order chi connectivity index (χ0) is 72.4. The minimum atomic E-state index is -4.96. The standard InChI is InChI=1S/C49H72N11O29P5S5/c1-22(2)85-92(71,97)78-18-30-28(14-33(82-30)60-21-51-34-39(60)52-46(50)53-43(34)65)87-93(72,98)79-19-29-27(13-32(81-29)57-15-23(3)40(62)54-47(57)66)86-94(73,99)80-20-31-36(38(75-7)45(84-31)59-17-25(5)42(64)56-49(59)68)89-91(70,96)77-12-9-26-35(88-90(69,95)76-11-8-10-61)37(74-6)44(83-26)58-16-24(4)41(63)55-48(58)67/h15-17,21-22,26-33,35-38,44-45,61H,8-14,18-20H2,1-7H3,(H,69,95)(H,70,96)(H,71,97)(H,72,98)(H,73,99)(H,54,62,66)(H,55,63,67)(H,56,64,68)(H3,50,52,53,65)/p-5/t26-,27?,28?,29-,30-,31-,32-,33-,35?,36?,37+,38+,44-,45-,90?,91?,92?,93?,94?/m1/s1. The third-order valence-corrected chi connectivity index (χ3v) is 23.3. The second-order valence-corrected chi connectivity index (χ2v) is 36.2. The number of hydrogen-bond acceptors (Lipinski definition) is 37. The highest BCUT2D eigenvalue weighted by Crippen LogP contribution is 2.54. The molecule has 0 aromatic carbocycles. The summed E-state index contributed by atoms with van der Waals surface area (Å²) in [6.07, 6.45) is -17.1. The molecule has 99 heavy (non-hydrogen) atoms. The third kappa shape index (κ3) is 19.9. The molecule has 40 nitrogen and oxygen atoms in total. The molecule has 5 aromatic heterocycles. The molecule has 0 bridgehead atoms. The summed E-state index contributed by atoms with van der Waals surface area (Å²) in [5.41, 5.74) is 0.0204. The van der Waals surface area contributed by atoms with Crippen LogP contribution in [0.1, 0.15) is 81.1 Å². The van der Waals surface area contributed by atoms with E-state index in [9.17, 15) is 62.8 Å². The first-order valence-electron chi connectivity index (χ1n) is 29.6. The lowest BCUT2D eigenvalue weighted by molar-refractivity contribution is -0.218. The van der Waals surface area contributed by atoms with Crippen molar-refractivity contribution in [3.8, 4) is 0 Å². The molecule has 19 atom stereocenters. The van der Waals surface area contributed by atoms with E-state index in [-0.39, 0.29) is 66.3 Å². The van der Waals surface area contributed by atoms with E-state index in [1.807, 2.05) is 0 Å². The minimum absolute atomic E-state index is 0.00972. The third-order valence-electron chi connectivity index (χ3n) is 15.3. The van der Waals surface area contributed by atoms with E-state index in [0.717, 1.165) is 33.2 Å². The molecule has 9 heterocycles. The van der Waals surface area contributed by atoms with Crippen LogP contribution >= 0.6 is 33.7 Å². The number of methoxy groups -OCH3 is 2. The maximum Gasteiger partial charge on any atom is 0.330 e. The maximum atomic E-state index is 14.6. The second kappa shape index (κ2) is 32.9. The van der Waals surface area contributed by atoms with Crippen LogP contribution in [-0.2, 0) is 138 Å². The van der Waals surface area contributed by atoms with Crippen molar-refractivity contribution in [1.29, 1.82) is 0 Å². The summed E-state index contributed by atoms with van der Waals surface area (Å²) in [5.74, 6) is -0.262. The van der Waals surface area contributed by atoms with Gasteiger partial charge in [0.1, 0.15) is 82.1 Å². The SMILES string of the molecule is CO[C@H]1C(OP([O-])(=S)OCCCO)[C@@H](CCOP([O-])(=S)OC2[C@@H](COP(=O)([S-])OC3C[C@H](n4cc(C)c(=O)[nH]c4=O)O[C@@H]3COP([O-])(=S)OC3C[C@H](n4cnc5c(=O)[nH]c(N)nc54)O[C@@H]3COP([O-])(=S)OC(C)C)O[C@@H](n3cc(C)c(=O)[nH]c3=O)[C@H]2OC)O[C@H]1n1cc(C)c(=O)[nH]c1=O. The van der Waals surface area contributed by atoms with E-state index in [4.69, 9.17) is 139 Å². The Morgan fingerprint density at radius 3 is 1.59 bits per heavy atom. The Hall–Kier alpha value is -3.47. The Labute approximate surface area is 584 Å². The smallest absolute Gasteiger partial charge is 0.330 e. The predicted octanol–water partition coefficient (Wildman–Crippen LogP) is -2.51. The molecule has 0 radical (unpaired) electrons. The van der Waals surface area contributed by atoms with E-state index < -0.39 is 198 Å². The lowest BCUT2D eigenvalue weighted by Gasteiger charge is -2.36. The minimum Gasteiger partial charge on any atom is -0.780 e. The lowest BCUT2D eigenvalue weighted by Crippen LogP contribution is -2.41. The Bertz CT molecular complexity index is 4440. The molecule has 552 valence electrons. The first-order chi connectivity index (χ1) is 46.4. The largest absolute Gasteiger partial charge is 0.780 e. The number of hydrogen-bond donors (Lipinski definition) is 6. The van der Waals surface area contributed by atoms with E-state index in [1.165, 1.54) is 45.0 Å². The van der Waals surface area contributed by atoms with Gasteiger partial charge < -0.3 is 116 Å². The van der Waals surface area contributed by atoms with Gasteiger partial charge in [0.05, 0.1) is 63.8 Å². The van der Waals surface area contributed by atoms with Crippen molar-refractivity contribution in [3.05, 3.63) is 114 Å². The number of nitrogens with one attached hydrogen (secondary N) is 4. The van der Waals surface area contributed by atoms with Gasteiger partial charge in [0, 0.05) is 75.4 Å². The number of aromatic amines is 4. The Kier molecular flexibility index (Phi) is 26.5. The fraction of sp³-hybridized carbons (Fsp3) is 0.653. The van der Waals surface area contributed by atoms with Gasteiger partial charge in [0.15, 0.2) is 30.4 Å².